The number of likely N-dealkylation sites (N-methyl/N-ethyl adjacent to an activating group) is 1. The summed E-state index contributed by atoms with van der Waals surface area (Å²) in [5, 5.41) is 12.6. The Kier molecular flexibility index (Phi) is 4.13. The van der Waals surface area contributed by atoms with Crippen LogP contribution < -0.4 is 5.32 Å². The van der Waals surface area contributed by atoms with E-state index in [0.717, 1.165) is 30.6 Å². The summed E-state index contributed by atoms with van der Waals surface area (Å²) in [5.41, 5.74) is 1.75. The van der Waals surface area contributed by atoms with Crippen LogP contribution in [0, 0.1) is 0 Å². The molecule has 1 aromatic carbocycles. The van der Waals surface area contributed by atoms with Crippen molar-refractivity contribution in [3.8, 4) is 0 Å². The van der Waals surface area contributed by atoms with Crippen molar-refractivity contribution >= 4 is 15.7 Å². The molecule has 1 aliphatic rings. The predicted octanol–water partition coefficient (Wildman–Crippen LogP) is 1.05. The largest absolute Gasteiger partial charge is 0.392 e. The highest BCUT2D eigenvalue weighted by molar-refractivity contribution is 7.89. The Morgan fingerprint density at radius 1 is 1.47 bits per heavy atom. The third kappa shape index (κ3) is 2.91. The smallest absolute Gasteiger partial charge is 0.243 e. The lowest BCUT2D eigenvalue weighted by atomic mass is 10.0. The third-order valence-corrected chi connectivity index (χ3v) is 5.17. The van der Waals surface area contributed by atoms with E-state index in [-0.39, 0.29) is 6.54 Å². The van der Waals surface area contributed by atoms with Crippen LogP contribution in [0.3, 0.4) is 0 Å². The molecule has 0 saturated carbocycles. The number of nitrogens with one attached hydrogen (secondary N) is 1. The highest BCUT2D eigenvalue weighted by Crippen LogP contribution is 2.29. The normalized spacial score (nSPS) is 16.8. The molecule has 0 fully saturated rings. The molecular weight excluding hydrogens is 264 g/mol. The van der Waals surface area contributed by atoms with Gasteiger partial charge in [0.25, 0.3) is 0 Å². The van der Waals surface area contributed by atoms with Gasteiger partial charge in [-0.15, -0.1) is 0 Å². The molecule has 19 heavy (non-hydrogen) atoms. The first-order valence-electron chi connectivity index (χ1n) is 6.43. The number of aliphatic hydroxyl groups is 1. The summed E-state index contributed by atoms with van der Waals surface area (Å²) in [5.74, 6) is 0. The highest BCUT2D eigenvalue weighted by atomic mass is 32.2. The summed E-state index contributed by atoms with van der Waals surface area (Å²) in [7, 11) is -2.04. The van der Waals surface area contributed by atoms with E-state index >= 15 is 0 Å². The lowest BCUT2D eigenvalue weighted by Gasteiger charge is -2.24. The number of nitrogens with zero attached hydrogens (tertiary/aromatic N) is 1. The molecular formula is C13H20N2O3S. The Hall–Kier alpha value is -1.11. The Bertz CT molecular complexity index is 555. The van der Waals surface area contributed by atoms with E-state index in [1.54, 1.807) is 19.1 Å². The van der Waals surface area contributed by atoms with Crippen LogP contribution in [0.2, 0.25) is 0 Å². The van der Waals surface area contributed by atoms with E-state index in [4.69, 9.17) is 0 Å². The first-order valence-corrected chi connectivity index (χ1v) is 7.87. The summed E-state index contributed by atoms with van der Waals surface area (Å²) in [4.78, 5) is 0.348. The standard InChI is InChI=1S/C13H20N2O3S/c1-10(16)9-15(2)19(17,18)13-7-3-6-12-11(13)5-4-8-14-12/h3,6-7,10,14,16H,4-5,8-9H2,1-2H3. The molecule has 0 aliphatic carbocycles. The van der Waals surface area contributed by atoms with Crippen LogP contribution in [-0.2, 0) is 16.4 Å². The van der Waals surface area contributed by atoms with Crippen LogP contribution in [0.5, 0.6) is 0 Å². The molecule has 2 N–H and O–H groups in total. The first-order chi connectivity index (χ1) is 8.93. The van der Waals surface area contributed by atoms with E-state index in [2.05, 4.69) is 5.32 Å². The molecule has 5 nitrogen and oxygen atoms in total. The van der Waals surface area contributed by atoms with Crippen molar-refractivity contribution < 1.29 is 13.5 Å². The fraction of sp³-hybridized carbons (Fsp3) is 0.538. The zero-order valence-corrected chi connectivity index (χ0v) is 12.1. The summed E-state index contributed by atoms with van der Waals surface area (Å²) >= 11 is 0. The summed E-state index contributed by atoms with van der Waals surface area (Å²) < 4.78 is 26.3. The molecule has 0 bridgehead atoms. The van der Waals surface area contributed by atoms with Gasteiger partial charge in [-0.05, 0) is 37.5 Å². The minimum atomic E-state index is -3.54. The topological polar surface area (TPSA) is 69.6 Å². The van der Waals surface area contributed by atoms with E-state index in [0.29, 0.717) is 4.90 Å². The van der Waals surface area contributed by atoms with Crippen LogP contribution in [0.25, 0.3) is 0 Å². The fourth-order valence-electron chi connectivity index (χ4n) is 2.36. The van der Waals surface area contributed by atoms with Crippen molar-refractivity contribution in [2.24, 2.45) is 0 Å². The van der Waals surface area contributed by atoms with E-state index in [1.807, 2.05) is 6.07 Å². The van der Waals surface area contributed by atoms with Crippen LogP contribution >= 0.6 is 0 Å². The number of hydrogen-bond acceptors (Lipinski definition) is 4. The van der Waals surface area contributed by atoms with Gasteiger partial charge in [0, 0.05) is 25.8 Å². The molecule has 1 aliphatic heterocycles. The van der Waals surface area contributed by atoms with Crippen molar-refractivity contribution in [1.29, 1.82) is 0 Å². The van der Waals surface area contributed by atoms with Crippen molar-refractivity contribution in [2.75, 3.05) is 25.5 Å². The molecule has 6 heteroatoms. The number of rotatable bonds is 4. The second-order valence-electron chi connectivity index (χ2n) is 4.95. The monoisotopic (exact) mass is 284 g/mol. The summed E-state index contributed by atoms with van der Waals surface area (Å²) in [6, 6.07) is 5.29. The van der Waals surface area contributed by atoms with Gasteiger partial charge in [0.05, 0.1) is 11.0 Å². The van der Waals surface area contributed by atoms with Crippen molar-refractivity contribution in [3.63, 3.8) is 0 Å². The minimum Gasteiger partial charge on any atom is -0.392 e. The molecule has 0 spiro atoms. The average Bonchev–Trinajstić information content (AvgIpc) is 2.37. The van der Waals surface area contributed by atoms with Gasteiger partial charge in [-0.25, -0.2) is 8.42 Å². The molecule has 0 aromatic heterocycles. The summed E-state index contributed by atoms with van der Waals surface area (Å²) in [6.07, 6.45) is 1.01. The Morgan fingerprint density at radius 3 is 2.89 bits per heavy atom. The highest BCUT2D eigenvalue weighted by Gasteiger charge is 2.26. The summed E-state index contributed by atoms with van der Waals surface area (Å²) in [6.45, 7) is 2.55. The Labute approximate surface area is 114 Å². The van der Waals surface area contributed by atoms with Crippen molar-refractivity contribution in [3.05, 3.63) is 23.8 Å². The maximum atomic E-state index is 12.5. The SMILES string of the molecule is CC(O)CN(C)S(=O)(=O)c1cccc2c1CCCN2. The minimum absolute atomic E-state index is 0.0967. The van der Waals surface area contributed by atoms with Crippen LogP contribution in [0.4, 0.5) is 5.69 Å². The molecule has 2 rings (SSSR count). The number of benzene rings is 1. The quantitative estimate of drug-likeness (QED) is 0.867. The first kappa shape index (κ1) is 14.3. The van der Waals surface area contributed by atoms with E-state index in [1.165, 1.54) is 11.4 Å². The van der Waals surface area contributed by atoms with Gasteiger partial charge in [0.15, 0.2) is 0 Å². The third-order valence-electron chi connectivity index (χ3n) is 3.26. The number of aliphatic hydroxyl groups excluding tert-OH is 1. The molecule has 106 valence electrons. The van der Waals surface area contributed by atoms with Gasteiger partial charge in [0.2, 0.25) is 10.0 Å². The average molecular weight is 284 g/mol. The number of hydrogen-bond donors (Lipinski definition) is 2. The zero-order valence-electron chi connectivity index (χ0n) is 11.3. The van der Waals surface area contributed by atoms with Gasteiger partial charge < -0.3 is 10.4 Å². The van der Waals surface area contributed by atoms with Crippen LogP contribution in [-0.4, -0.2) is 44.1 Å². The number of anilines is 1. The lowest BCUT2D eigenvalue weighted by Crippen LogP contribution is -2.34. The molecule has 1 heterocycles. The zero-order chi connectivity index (χ0) is 14.0. The maximum Gasteiger partial charge on any atom is 0.243 e. The van der Waals surface area contributed by atoms with Gasteiger partial charge in [0.1, 0.15) is 0 Å². The molecule has 0 amide bonds. The number of sulfonamides is 1. The van der Waals surface area contributed by atoms with E-state index < -0.39 is 16.1 Å². The second-order valence-corrected chi connectivity index (χ2v) is 6.96. The van der Waals surface area contributed by atoms with Crippen LogP contribution in [0.1, 0.15) is 18.9 Å². The molecule has 0 radical (unpaired) electrons. The molecule has 1 unspecified atom stereocenters. The van der Waals surface area contributed by atoms with Crippen molar-refractivity contribution in [1.82, 2.24) is 4.31 Å². The van der Waals surface area contributed by atoms with Gasteiger partial charge >= 0.3 is 0 Å². The molecule has 0 saturated heterocycles. The Morgan fingerprint density at radius 2 is 2.21 bits per heavy atom. The van der Waals surface area contributed by atoms with Gasteiger partial charge in [-0.3, -0.25) is 0 Å². The predicted molar refractivity (Wildman–Crippen MR) is 74.7 cm³/mol. The van der Waals surface area contributed by atoms with Gasteiger partial charge in [-0.1, -0.05) is 6.07 Å². The second kappa shape index (κ2) is 5.48. The van der Waals surface area contributed by atoms with Crippen LogP contribution in [0.15, 0.2) is 23.1 Å². The number of fused-ring (bicyclic) bond motifs is 1. The lowest BCUT2D eigenvalue weighted by molar-refractivity contribution is 0.171. The fourth-order valence-corrected chi connectivity index (χ4v) is 3.88. The van der Waals surface area contributed by atoms with E-state index in [9.17, 15) is 13.5 Å². The molecule has 1 aromatic rings. The Balaban J connectivity index is 2.41. The van der Waals surface area contributed by atoms with Gasteiger partial charge in [-0.2, -0.15) is 4.31 Å². The maximum absolute atomic E-state index is 12.5. The van der Waals surface area contributed by atoms with Crippen molar-refractivity contribution in [2.45, 2.75) is 30.8 Å². The molecule has 1 atom stereocenters.